The molecule has 3 rings (SSSR count). The summed E-state index contributed by atoms with van der Waals surface area (Å²) in [6, 6.07) is 6.92. The van der Waals surface area contributed by atoms with E-state index in [1.165, 1.54) is 12.5 Å². The van der Waals surface area contributed by atoms with Crippen LogP contribution in [0.4, 0.5) is 5.82 Å². The summed E-state index contributed by atoms with van der Waals surface area (Å²) < 4.78 is 11.8. The SMILES string of the molecule is C[S+]([O-])c1ncc(C(=O)NCc2ncccn2)c(NCc2ccc(CO)c(Cl)c2)n1. The highest BCUT2D eigenvalue weighted by Gasteiger charge is 2.18. The standard InChI is InChI=1S/C19H19ClN6O3S/c1-30(29)19-25-9-14(18(28)24-10-16-21-5-2-6-22-16)17(26-19)23-8-12-3-4-13(11-27)15(20)7-12/h2-7,9,27H,8,10-11H2,1H3,(H,24,28)(H,23,25,26). The van der Waals surface area contributed by atoms with Crippen LogP contribution in [0.3, 0.4) is 0 Å². The number of rotatable bonds is 8. The molecule has 30 heavy (non-hydrogen) atoms. The number of nitrogens with one attached hydrogen (secondary N) is 2. The molecule has 1 atom stereocenters. The van der Waals surface area contributed by atoms with Gasteiger partial charge in [-0.3, -0.25) is 4.79 Å². The van der Waals surface area contributed by atoms with Crippen LogP contribution in [-0.2, 0) is 30.9 Å². The van der Waals surface area contributed by atoms with Gasteiger partial charge >= 0.3 is 5.16 Å². The van der Waals surface area contributed by atoms with Crippen molar-refractivity contribution >= 4 is 34.5 Å². The number of carbonyl (C=O) groups is 1. The Bertz CT molecular complexity index is 1020. The maximum absolute atomic E-state index is 12.7. The molecular weight excluding hydrogens is 428 g/mol. The summed E-state index contributed by atoms with van der Waals surface area (Å²) in [5.74, 6) is 0.280. The molecule has 0 aliphatic heterocycles. The highest BCUT2D eigenvalue weighted by atomic mass is 35.5. The number of hydrogen-bond acceptors (Lipinski definition) is 8. The molecular formula is C19H19ClN6O3S. The van der Waals surface area contributed by atoms with Gasteiger partial charge in [-0.15, -0.1) is 0 Å². The molecule has 0 spiro atoms. The zero-order chi connectivity index (χ0) is 21.5. The normalized spacial score (nSPS) is 11.7. The first kappa shape index (κ1) is 21.9. The van der Waals surface area contributed by atoms with Crippen molar-refractivity contribution in [3.8, 4) is 0 Å². The molecule has 3 aromatic rings. The van der Waals surface area contributed by atoms with Crippen LogP contribution in [0.5, 0.6) is 0 Å². The Morgan fingerprint density at radius 3 is 2.67 bits per heavy atom. The van der Waals surface area contributed by atoms with E-state index < -0.39 is 17.1 Å². The van der Waals surface area contributed by atoms with Crippen LogP contribution < -0.4 is 10.6 Å². The third-order valence-corrected chi connectivity index (χ3v) is 5.11. The number of anilines is 1. The number of aliphatic hydroxyl groups is 1. The van der Waals surface area contributed by atoms with Crippen LogP contribution in [0.25, 0.3) is 0 Å². The lowest BCUT2D eigenvalue weighted by molar-refractivity contribution is 0.0949. The molecule has 1 amide bonds. The predicted octanol–water partition coefficient (Wildman–Crippen LogP) is 1.69. The number of aromatic nitrogens is 4. The maximum atomic E-state index is 12.7. The predicted molar refractivity (Wildman–Crippen MR) is 112 cm³/mol. The van der Waals surface area contributed by atoms with Crippen molar-refractivity contribution in [2.24, 2.45) is 0 Å². The van der Waals surface area contributed by atoms with Crippen molar-refractivity contribution in [2.45, 2.75) is 24.9 Å². The van der Waals surface area contributed by atoms with E-state index in [1.54, 1.807) is 36.7 Å². The van der Waals surface area contributed by atoms with Crippen LogP contribution in [0, 0.1) is 0 Å². The molecule has 0 saturated carbocycles. The Labute approximate surface area is 181 Å². The maximum Gasteiger partial charge on any atom is 0.344 e. The first-order valence-electron chi connectivity index (χ1n) is 8.84. The van der Waals surface area contributed by atoms with Crippen molar-refractivity contribution in [1.29, 1.82) is 0 Å². The summed E-state index contributed by atoms with van der Waals surface area (Å²) in [5.41, 5.74) is 1.63. The third-order valence-electron chi connectivity index (χ3n) is 4.04. The molecule has 1 unspecified atom stereocenters. The summed E-state index contributed by atoms with van der Waals surface area (Å²) in [5, 5.41) is 15.6. The lowest BCUT2D eigenvalue weighted by Gasteiger charge is -2.13. The Kier molecular flexibility index (Phi) is 7.52. The zero-order valence-corrected chi connectivity index (χ0v) is 17.6. The van der Waals surface area contributed by atoms with Gasteiger partial charge < -0.3 is 20.3 Å². The van der Waals surface area contributed by atoms with Crippen LogP contribution in [0.15, 0.2) is 48.0 Å². The summed E-state index contributed by atoms with van der Waals surface area (Å²) >= 11 is 4.72. The molecule has 1 aromatic carbocycles. The van der Waals surface area contributed by atoms with E-state index in [2.05, 4.69) is 30.6 Å². The first-order chi connectivity index (χ1) is 14.5. The average Bonchev–Trinajstić information content (AvgIpc) is 2.76. The second kappa shape index (κ2) is 10.3. The van der Waals surface area contributed by atoms with Crippen LogP contribution in [0.2, 0.25) is 5.02 Å². The highest BCUT2D eigenvalue weighted by Crippen LogP contribution is 2.20. The minimum atomic E-state index is -1.41. The molecule has 2 aromatic heterocycles. The topological polar surface area (TPSA) is 136 Å². The number of benzene rings is 1. The molecule has 0 fully saturated rings. The van der Waals surface area contributed by atoms with Gasteiger partial charge in [-0.1, -0.05) is 23.7 Å². The van der Waals surface area contributed by atoms with Crippen molar-refractivity contribution < 1.29 is 14.5 Å². The molecule has 0 radical (unpaired) electrons. The van der Waals surface area contributed by atoms with Crippen LogP contribution in [0.1, 0.15) is 27.3 Å². The summed E-state index contributed by atoms with van der Waals surface area (Å²) in [6.45, 7) is 0.290. The van der Waals surface area contributed by atoms with E-state index in [-0.39, 0.29) is 29.7 Å². The average molecular weight is 447 g/mol. The molecule has 2 heterocycles. The van der Waals surface area contributed by atoms with Gasteiger partial charge in [0.1, 0.15) is 23.5 Å². The quantitative estimate of drug-likeness (QED) is 0.351. The van der Waals surface area contributed by atoms with Crippen molar-refractivity contribution in [1.82, 2.24) is 25.3 Å². The lowest BCUT2D eigenvalue weighted by Crippen LogP contribution is -2.26. The Morgan fingerprint density at radius 2 is 2.00 bits per heavy atom. The minimum absolute atomic E-state index is 0.106. The van der Waals surface area contributed by atoms with Gasteiger partial charge in [0.15, 0.2) is 0 Å². The van der Waals surface area contributed by atoms with Gasteiger partial charge in [0.2, 0.25) is 0 Å². The second-order valence-electron chi connectivity index (χ2n) is 6.15. The Morgan fingerprint density at radius 1 is 1.23 bits per heavy atom. The third kappa shape index (κ3) is 5.63. The van der Waals surface area contributed by atoms with Gasteiger partial charge in [-0.2, -0.15) is 9.97 Å². The van der Waals surface area contributed by atoms with E-state index in [9.17, 15) is 14.5 Å². The number of nitrogens with zero attached hydrogens (tertiary/aromatic N) is 4. The van der Waals surface area contributed by atoms with Crippen molar-refractivity contribution in [3.05, 3.63) is 70.4 Å². The van der Waals surface area contributed by atoms with Gasteiger partial charge in [-0.25, -0.2) is 9.97 Å². The van der Waals surface area contributed by atoms with E-state index >= 15 is 0 Å². The lowest BCUT2D eigenvalue weighted by atomic mass is 10.1. The van der Waals surface area contributed by atoms with Gasteiger partial charge in [0.05, 0.1) is 19.3 Å². The van der Waals surface area contributed by atoms with Gasteiger partial charge in [-0.05, 0) is 23.3 Å². The van der Waals surface area contributed by atoms with Crippen molar-refractivity contribution in [3.63, 3.8) is 0 Å². The van der Waals surface area contributed by atoms with E-state index in [1.807, 2.05) is 0 Å². The zero-order valence-electron chi connectivity index (χ0n) is 16.0. The van der Waals surface area contributed by atoms with Crippen LogP contribution in [-0.4, -0.2) is 41.8 Å². The molecule has 11 heteroatoms. The molecule has 156 valence electrons. The van der Waals surface area contributed by atoms with Crippen LogP contribution >= 0.6 is 11.6 Å². The number of aliphatic hydroxyl groups excluding tert-OH is 1. The van der Waals surface area contributed by atoms with E-state index in [0.717, 1.165) is 5.56 Å². The number of amides is 1. The molecule has 0 aliphatic carbocycles. The summed E-state index contributed by atoms with van der Waals surface area (Å²) in [4.78, 5) is 29.0. The minimum Gasteiger partial charge on any atom is -0.609 e. The molecule has 0 saturated heterocycles. The second-order valence-corrected chi connectivity index (χ2v) is 7.83. The summed E-state index contributed by atoms with van der Waals surface area (Å²) in [6.07, 6.45) is 5.96. The molecule has 0 aliphatic rings. The summed E-state index contributed by atoms with van der Waals surface area (Å²) in [7, 11) is 0. The Hall–Kier alpha value is -2.79. The van der Waals surface area contributed by atoms with Gasteiger partial charge in [0.25, 0.3) is 5.91 Å². The van der Waals surface area contributed by atoms with E-state index in [0.29, 0.717) is 23.0 Å². The molecule has 3 N–H and O–H groups in total. The fraction of sp³-hybridized carbons (Fsp3) is 0.211. The monoisotopic (exact) mass is 446 g/mol. The number of carbonyl (C=O) groups excluding carboxylic acids is 1. The van der Waals surface area contributed by atoms with E-state index in [4.69, 9.17) is 11.6 Å². The first-order valence-corrected chi connectivity index (χ1v) is 10.8. The number of hydrogen-bond donors (Lipinski definition) is 3. The fourth-order valence-corrected chi connectivity index (χ4v) is 3.18. The molecule has 0 bridgehead atoms. The molecule has 9 nitrogen and oxygen atoms in total. The van der Waals surface area contributed by atoms with Gasteiger partial charge in [0, 0.05) is 35.1 Å². The smallest absolute Gasteiger partial charge is 0.344 e. The number of halogens is 1. The Balaban J connectivity index is 1.78. The highest BCUT2D eigenvalue weighted by molar-refractivity contribution is 7.90. The fourth-order valence-electron chi connectivity index (χ4n) is 2.50. The van der Waals surface area contributed by atoms with Crippen molar-refractivity contribution in [2.75, 3.05) is 11.6 Å². The largest absolute Gasteiger partial charge is 0.609 e.